The molecular weight excluding hydrogens is 409 g/mol. The Morgan fingerprint density at radius 2 is 1.62 bits per heavy atom. The minimum Gasteiger partial charge on any atom is -1.00 e. The van der Waals surface area contributed by atoms with E-state index in [1.165, 1.54) is 76.7 Å². The Balaban J connectivity index is 0.00000288. The molecule has 2 rings (SSSR count). The van der Waals surface area contributed by atoms with E-state index in [-0.39, 0.29) is 24.0 Å². The fourth-order valence-corrected chi connectivity index (χ4v) is 3.61. The highest BCUT2D eigenvalue weighted by Crippen LogP contribution is 2.27. The normalized spacial score (nSPS) is 17.3. The van der Waals surface area contributed by atoms with Crippen LogP contribution in [0, 0.1) is 5.92 Å². The quantitative estimate of drug-likeness (QED) is 0.302. The number of nitrogen functional groups attached to an aromatic ring is 1. The zero-order chi connectivity index (χ0) is 16.5. The maximum absolute atomic E-state index is 5.77. The van der Waals surface area contributed by atoms with Crippen LogP contribution < -0.4 is 39.5 Å². The summed E-state index contributed by atoms with van der Waals surface area (Å²) in [7, 11) is 4.49. The Bertz CT molecular complexity index is 433. The van der Waals surface area contributed by atoms with Gasteiger partial charge in [0.15, 0.2) is 0 Å². The van der Waals surface area contributed by atoms with E-state index < -0.39 is 0 Å². The van der Waals surface area contributed by atoms with Crippen molar-refractivity contribution in [3.63, 3.8) is 0 Å². The van der Waals surface area contributed by atoms with Crippen LogP contribution in [0.4, 0.5) is 11.4 Å². The molecule has 1 atom stereocenters. The molecule has 1 unspecified atom stereocenters. The van der Waals surface area contributed by atoms with Crippen molar-refractivity contribution in [1.82, 2.24) is 0 Å². The Kier molecular flexibility index (Phi) is 10.7. The number of hydrogen-bond donors (Lipinski definition) is 2. The van der Waals surface area contributed by atoms with E-state index in [2.05, 4.69) is 31.1 Å². The van der Waals surface area contributed by atoms with E-state index >= 15 is 0 Å². The van der Waals surface area contributed by atoms with Crippen LogP contribution in [0.3, 0.4) is 0 Å². The van der Waals surface area contributed by atoms with E-state index in [0.29, 0.717) is 0 Å². The van der Waals surface area contributed by atoms with Gasteiger partial charge in [-0.15, -0.1) is 0 Å². The second-order valence-corrected chi connectivity index (χ2v) is 7.56. The molecule has 1 saturated heterocycles. The summed E-state index contributed by atoms with van der Waals surface area (Å²) in [6, 6.07) is 8.35. The summed E-state index contributed by atoms with van der Waals surface area (Å²) >= 11 is 0. The number of nitrogens with two attached hydrogens (primary N) is 1. The van der Waals surface area contributed by atoms with Gasteiger partial charge in [0.1, 0.15) is 0 Å². The third-order valence-corrected chi connectivity index (χ3v) is 5.08. The van der Waals surface area contributed by atoms with Gasteiger partial charge in [0.2, 0.25) is 0 Å². The number of nitrogens with zero attached hydrogens (tertiary/aromatic N) is 1. The predicted octanol–water partition coefficient (Wildman–Crippen LogP) is -0.0257. The molecule has 1 aromatic rings. The summed E-state index contributed by atoms with van der Waals surface area (Å²) in [6.07, 6.45) is 11.3. The fourth-order valence-electron chi connectivity index (χ4n) is 3.61. The highest BCUT2D eigenvalue weighted by molar-refractivity contribution is 5.53. The summed E-state index contributed by atoms with van der Waals surface area (Å²) in [5.41, 5.74) is 7.97. The molecule has 4 heteroatoms. The van der Waals surface area contributed by atoms with E-state index in [4.69, 9.17) is 5.73 Å². The van der Waals surface area contributed by atoms with Gasteiger partial charge in [0.25, 0.3) is 0 Å². The van der Waals surface area contributed by atoms with Gasteiger partial charge in [-0.1, -0.05) is 25.7 Å². The Hall–Kier alpha value is -0.490. The third-order valence-electron chi connectivity index (χ3n) is 5.08. The van der Waals surface area contributed by atoms with Crippen LogP contribution in [-0.2, 0) is 0 Å². The Labute approximate surface area is 166 Å². The molecule has 0 spiro atoms. The smallest absolute Gasteiger partial charge is 0.0766 e. The number of benzene rings is 1. The van der Waals surface area contributed by atoms with E-state index in [1.807, 2.05) is 12.1 Å². The number of hydrogen-bond acceptors (Lipinski definition) is 2. The molecule has 0 aliphatic carbocycles. The molecule has 1 fully saturated rings. The summed E-state index contributed by atoms with van der Waals surface area (Å²) in [6.45, 7) is 3.76. The molecule has 1 aliphatic heterocycles. The van der Waals surface area contributed by atoms with Crippen molar-refractivity contribution in [2.24, 2.45) is 5.92 Å². The van der Waals surface area contributed by atoms with Crippen molar-refractivity contribution in [3.8, 4) is 0 Å². The standard InChI is InChI=1S/C20H35N3.HI/c1-22(2)15-8-6-4-3-5-7-9-18-14-16-23(17-18)20-12-10-19(21)11-13-20;/h10-13,18H,3-9,14-17,21H2,1-2H3;1H. The minimum absolute atomic E-state index is 0. The molecule has 24 heavy (non-hydrogen) atoms. The van der Waals surface area contributed by atoms with Crippen LogP contribution in [0.5, 0.6) is 0 Å². The van der Waals surface area contributed by atoms with Crippen LogP contribution in [-0.4, -0.2) is 33.7 Å². The Morgan fingerprint density at radius 1 is 1.00 bits per heavy atom. The van der Waals surface area contributed by atoms with E-state index in [0.717, 1.165) is 11.6 Å². The van der Waals surface area contributed by atoms with Gasteiger partial charge in [-0.25, -0.2) is 0 Å². The highest BCUT2D eigenvalue weighted by atomic mass is 127. The number of anilines is 2. The summed E-state index contributed by atoms with van der Waals surface area (Å²) in [5.74, 6) is 0.893. The molecule has 138 valence electrons. The second-order valence-electron chi connectivity index (χ2n) is 7.56. The van der Waals surface area contributed by atoms with Crippen molar-refractivity contribution in [3.05, 3.63) is 24.3 Å². The first kappa shape index (κ1) is 21.6. The van der Waals surface area contributed by atoms with Gasteiger partial charge in [-0.05, 0) is 55.9 Å². The molecular formula is C20H36IN3. The molecule has 3 nitrogen and oxygen atoms in total. The van der Waals surface area contributed by atoms with Crippen LogP contribution >= 0.6 is 0 Å². The van der Waals surface area contributed by atoms with Crippen molar-refractivity contribution in [1.29, 1.82) is 0 Å². The number of unbranched alkanes of at least 4 members (excludes halogenated alkanes) is 5. The first-order valence-electron chi connectivity index (χ1n) is 9.54. The van der Waals surface area contributed by atoms with Crippen LogP contribution in [0.1, 0.15) is 51.4 Å². The molecule has 0 radical (unpaired) electrons. The molecule has 1 aromatic carbocycles. The number of nitrogens with one attached hydrogen (secondary N) is 1. The largest absolute Gasteiger partial charge is 1.00 e. The van der Waals surface area contributed by atoms with E-state index in [1.54, 1.807) is 4.90 Å². The number of quaternary nitrogens is 1. The summed E-state index contributed by atoms with van der Waals surface area (Å²) in [4.78, 5) is 4.10. The average Bonchev–Trinajstić information content (AvgIpc) is 2.99. The molecule has 0 aromatic heterocycles. The van der Waals surface area contributed by atoms with Gasteiger partial charge < -0.3 is 39.5 Å². The minimum atomic E-state index is 0. The van der Waals surface area contributed by atoms with Crippen LogP contribution in [0.2, 0.25) is 0 Å². The second kappa shape index (κ2) is 12.0. The highest BCUT2D eigenvalue weighted by Gasteiger charge is 2.21. The number of rotatable bonds is 10. The summed E-state index contributed by atoms with van der Waals surface area (Å²) in [5, 5.41) is 0. The SMILES string of the molecule is C[NH+](C)CCCCCCCCC1CCN(c2ccc(N)cc2)C1.[I-]. The lowest BCUT2D eigenvalue weighted by atomic mass is 9.99. The zero-order valence-electron chi connectivity index (χ0n) is 15.6. The molecule has 1 heterocycles. The van der Waals surface area contributed by atoms with Crippen molar-refractivity contribution in [2.75, 3.05) is 44.4 Å². The monoisotopic (exact) mass is 445 g/mol. The third kappa shape index (κ3) is 8.06. The lowest BCUT2D eigenvalue weighted by Gasteiger charge is -2.18. The molecule has 3 N–H and O–H groups in total. The average molecular weight is 445 g/mol. The van der Waals surface area contributed by atoms with Gasteiger partial charge in [-0.2, -0.15) is 0 Å². The van der Waals surface area contributed by atoms with Gasteiger partial charge >= 0.3 is 0 Å². The molecule has 0 bridgehead atoms. The number of halogens is 1. The molecule has 0 saturated carbocycles. The van der Waals surface area contributed by atoms with Crippen molar-refractivity contribution >= 4 is 11.4 Å². The first-order chi connectivity index (χ1) is 11.1. The topological polar surface area (TPSA) is 33.7 Å². The predicted molar refractivity (Wildman–Crippen MR) is 101 cm³/mol. The van der Waals surface area contributed by atoms with Crippen LogP contribution in [0.25, 0.3) is 0 Å². The summed E-state index contributed by atoms with van der Waals surface area (Å²) < 4.78 is 0. The lowest BCUT2D eigenvalue weighted by Crippen LogP contribution is -3.05. The maximum atomic E-state index is 5.77. The molecule has 1 aliphatic rings. The zero-order valence-corrected chi connectivity index (χ0v) is 17.7. The maximum Gasteiger partial charge on any atom is 0.0766 e. The fraction of sp³-hybridized carbons (Fsp3) is 0.700. The molecule has 0 amide bonds. The van der Waals surface area contributed by atoms with Crippen LogP contribution in [0.15, 0.2) is 24.3 Å². The van der Waals surface area contributed by atoms with Crippen molar-refractivity contribution in [2.45, 2.75) is 51.4 Å². The Morgan fingerprint density at radius 3 is 2.29 bits per heavy atom. The van der Waals surface area contributed by atoms with E-state index in [9.17, 15) is 0 Å². The van der Waals surface area contributed by atoms with Gasteiger partial charge in [-0.3, -0.25) is 0 Å². The van der Waals surface area contributed by atoms with Crippen molar-refractivity contribution < 1.29 is 28.9 Å². The van der Waals surface area contributed by atoms with Gasteiger partial charge in [0.05, 0.1) is 20.6 Å². The van der Waals surface area contributed by atoms with Gasteiger partial charge in [0, 0.05) is 24.5 Å². The lowest BCUT2D eigenvalue weighted by molar-refractivity contribution is -0.858. The first-order valence-corrected chi connectivity index (χ1v) is 9.54.